The van der Waals surface area contributed by atoms with Gasteiger partial charge in [0.2, 0.25) is 5.76 Å². The van der Waals surface area contributed by atoms with Gasteiger partial charge in [0.15, 0.2) is 13.2 Å². The molecule has 3 aromatic heterocycles. The third-order valence-corrected chi connectivity index (χ3v) is 9.68. The van der Waals surface area contributed by atoms with Crippen LogP contribution in [0, 0.1) is 22.7 Å². The molecule has 366 valence electrons. The average Bonchev–Trinajstić information content (AvgIpc) is 3.70. The van der Waals surface area contributed by atoms with Crippen molar-refractivity contribution in [2.75, 3.05) is 75.5 Å². The Balaban J connectivity index is 0.000000199. The Bertz CT molecular complexity index is 2980. The SMILES string of the molecule is COCCOc1ccc(OCC(=O)Nc2ccc(Cl)cn2)c(C#N)c1.COCCOc1ccc2oc(C(=O)Nc3ccc(Cl)cc3)c(N)c2c1.N#Cc1cc(O)ccc1OCC(=O)Nc1ccc(Cl)cn1. The molecule has 0 saturated heterocycles. The van der Waals surface area contributed by atoms with Gasteiger partial charge in [-0.05, 0) is 91.0 Å². The number of halogens is 3. The molecule has 22 heteroatoms. The van der Waals surface area contributed by atoms with Gasteiger partial charge in [-0.1, -0.05) is 34.8 Å². The van der Waals surface area contributed by atoms with Gasteiger partial charge in [0.25, 0.3) is 17.7 Å². The number of carbonyl (C=O) groups excluding carboxylic acids is 3. The zero-order chi connectivity index (χ0) is 51.1. The number of methoxy groups -OCH3 is 2. The number of amides is 3. The lowest BCUT2D eigenvalue weighted by atomic mass is 10.2. The number of hydrogen-bond donors (Lipinski definition) is 5. The number of fused-ring (bicyclic) bond motifs is 1. The molecule has 0 bridgehead atoms. The van der Waals surface area contributed by atoms with Gasteiger partial charge in [-0.15, -0.1) is 0 Å². The Hall–Kier alpha value is -8.30. The number of nitrogens with one attached hydrogen (secondary N) is 3. The highest BCUT2D eigenvalue weighted by atomic mass is 35.5. The van der Waals surface area contributed by atoms with E-state index in [0.717, 1.165) is 0 Å². The zero-order valence-corrected chi connectivity index (χ0v) is 40.0. The van der Waals surface area contributed by atoms with Crippen LogP contribution in [0.5, 0.6) is 28.7 Å². The number of pyridine rings is 2. The summed E-state index contributed by atoms with van der Waals surface area (Å²) in [6.07, 6.45) is 2.83. The zero-order valence-electron chi connectivity index (χ0n) is 37.7. The highest BCUT2D eigenvalue weighted by Crippen LogP contribution is 2.32. The Morgan fingerprint density at radius 3 is 1.66 bits per heavy atom. The van der Waals surface area contributed by atoms with Crippen LogP contribution in [0.15, 0.2) is 120 Å². The van der Waals surface area contributed by atoms with Gasteiger partial charge in [0.1, 0.15) is 71.3 Å². The van der Waals surface area contributed by atoms with E-state index in [-0.39, 0.29) is 47.3 Å². The lowest BCUT2D eigenvalue weighted by molar-refractivity contribution is -0.118. The van der Waals surface area contributed by atoms with Crippen molar-refractivity contribution in [2.45, 2.75) is 0 Å². The first kappa shape index (κ1) is 53.7. The molecular weight excluding hydrogens is 983 g/mol. The van der Waals surface area contributed by atoms with Gasteiger partial charge in [0, 0.05) is 54.8 Å². The third-order valence-electron chi connectivity index (χ3n) is 8.98. The van der Waals surface area contributed by atoms with Crippen molar-refractivity contribution in [3.63, 3.8) is 0 Å². The lowest BCUT2D eigenvalue weighted by Gasteiger charge is -2.10. The first-order valence-electron chi connectivity index (χ1n) is 20.8. The standard InChI is InChI=1S/C18H17ClN2O4.C17H16ClN3O4.C14H10ClN3O3/c1-23-8-9-24-13-6-7-15-14(10-13)16(20)17(25-15)18(22)21-12-4-2-11(19)3-5-12;1-23-6-7-24-14-3-4-15(12(8-14)9-19)25-11-17(22)21-16-5-2-13(18)10-20-16;15-10-1-4-13(17-7-10)18-14(20)8-21-12-3-2-11(19)5-9(12)6-16/h2-7,10H,8-9,20H2,1H3,(H,21,22);2-5,8,10H,6-7,11H2,1H3,(H,20,21,22);1-5,7,19H,8H2,(H,17,18,20). The van der Waals surface area contributed by atoms with Crippen molar-refractivity contribution >= 4 is 86.5 Å². The molecule has 3 heterocycles. The maximum Gasteiger partial charge on any atom is 0.293 e. The molecule has 0 saturated carbocycles. The second-order valence-corrected chi connectivity index (χ2v) is 15.4. The lowest BCUT2D eigenvalue weighted by Crippen LogP contribution is -2.21. The van der Waals surface area contributed by atoms with Crippen molar-refractivity contribution in [2.24, 2.45) is 0 Å². The van der Waals surface area contributed by atoms with E-state index in [1.54, 1.807) is 99.1 Å². The minimum Gasteiger partial charge on any atom is -0.508 e. The Kier molecular flexibility index (Phi) is 20.9. The van der Waals surface area contributed by atoms with Crippen LogP contribution < -0.4 is 40.6 Å². The molecule has 0 aliphatic rings. The quantitative estimate of drug-likeness (QED) is 0.0502. The van der Waals surface area contributed by atoms with E-state index < -0.39 is 17.7 Å². The molecule has 0 radical (unpaired) electrons. The molecule has 0 spiro atoms. The van der Waals surface area contributed by atoms with Crippen LogP contribution >= 0.6 is 34.8 Å². The molecule has 4 aromatic carbocycles. The number of furan rings is 1. The summed E-state index contributed by atoms with van der Waals surface area (Å²) in [4.78, 5) is 43.9. The first-order valence-corrected chi connectivity index (χ1v) is 21.9. The number of aromatic nitrogens is 2. The van der Waals surface area contributed by atoms with Crippen molar-refractivity contribution in [1.29, 1.82) is 10.5 Å². The van der Waals surface area contributed by atoms with Gasteiger partial charge in [0.05, 0.1) is 40.1 Å². The Morgan fingerprint density at radius 1 is 0.634 bits per heavy atom. The highest BCUT2D eigenvalue weighted by Gasteiger charge is 2.20. The number of nitrogens with zero attached hydrogens (tertiary/aromatic N) is 4. The molecule has 71 heavy (non-hydrogen) atoms. The van der Waals surface area contributed by atoms with Gasteiger partial charge in [-0.2, -0.15) is 10.5 Å². The smallest absolute Gasteiger partial charge is 0.293 e. The predicted octanol–water partition coefficient (Wildman–Crippen LogP) is 8.93. The molecule has 0 fully saturated rings. The van der Waals surface area contributed by atoms with Crippen LogP contribution in [0.1, 0.15) is 21.7 Å². The second kappa shape index (κ2) is 27.6. The van der Waals surface area contributed by atoms with E-state index in [1.807, 2.05) is 12.1 Å². The van der Waals surface area contributed by atoms with Gasteiger partial charge < -0.3 is 59.6 Å². The Labute approximate surface area is 421 Å². The number of aromatic hydroxyl groups is 1. The van der Waals surface area contributed by atoms with Gasteiger partial charge in [-0.3, -0.25) is 14.4 Å². The van der Waals surface area contributed by atoms with E-state index in [2.05, 4.69) is 25.9 Å². The van der Waals surface area contributed by atoms with E-state index >= 15 is 0 Å². The number of anilines is 4. The number of phenols is 1. The summed E-state index contributed by atoms with van der Waals surface area (Å²) in [5.41, 5.74) is 7.87. The van der Waals surface area contributed by atoms with E-state index in [4.69, 9.17) is 78.6 Å². The number of hydrogen-bond acceptors (Lipinski definition) is 16. The summed E-state index contributed by atoms with van der Waals surface area (Å²) in [7, 11) is 3.18. The summed E-state index contributed by atoms with van der Waals surface area (Å²) in [6, 6.07) is 31.0. The number of nitrogen functional groups attached to an aromatic ring is 1. The largest absolute Gasteiger partial charge is 0.508 e. The molecule has 3 amide bonds. The number of nitrogens with two attached hydrogens (primary N) is 1. The fourth-order valence-corrected chi connectivity index (χ4v) is 6.00. The highest BCUT2D eigenvalue weighted by molar-refractivity contribution is 6.31. The minimum atomic E-state index is -0.433. The van der Waals surface area contributed by atoms with Crippen LogP contribution in [0.3, 0.4) is 0 Å². The maximum atomic E-state index is 12.4. The van der Waals surface area contributed by atoms with Crippen molar-refractivity contribution in [3.8, 4) is 40.9 Å². The third kappa shape index (κ3) is 17.3. The molecule has 7 rings (SSSR count). The van der Waals surface area contributed by atoms with Crippen LogP contribution in [0.2, 0.25) is 15.1 Å². The summed E-state index contributed by atoms with van der Waals surface area (Å²) < 4.78 is 37.0. The van der Waals surface area contributed by atoms with Crippen LogP contribution in [-0.2, 0) is 19.1 Å². The topological polar surface area (TPSA) is 275 Å². The van der Waals surface area contributed by atoms with Gasteiger partial charge in [-0.25, -0.2) is 9.97 Å². The number of ether oxygens (including phenoxy) is 6. The van der Waals surface area contributed by atoms with Gasteiger partial charge >= 0.3 is 0 Å². The van der Waals surface area contributed by atoms with E-state index in [1.165, 1.54) is 30.6 Å². The van der Waals surface area contributed by atoms with Crippen molar-refractivity contribution in [1.82, 2.24) is 9.97 Å². The molecule has 0 unspecified atom stereocenters. The Morgan fingerprint density at radius 2 is 1.14 bits per heavy atom. The van der Waals surface area contributed by atoms with Crippen LogP contribution in [0.25, 0.3) is 11.0 Å². The molecule has 0 atom stereocenters. The summed E-state index contributed by atoms with van der Waals surface area (Å²) in [5, 5.41) is 37.3. The molecule has 0 aliphatic heterocycles. The average molecular weight is 1030 g/mol. The summed E-state index contributed by atoms with van der Waals surface area (Å²) >= 11 is 17.2. The molecule has 19 nitrogen and oxygen atoms in total. The normalized spacial score (nSPS) is 10.2. The van der Waals surface area contributed by atoms with Crippen molar-refractivity contribution in [3.05, 3.63) is 147 Å². The number of benzene rings is 4. The number of phenolic OH excluding ortho intramolecular Hbond substituents is 1. The molecular formula is C49H43Cl3N8O11. The first-order chi connectivity index (χ1) is 34.3. The second-order valence-electron chi connectivity index (χ2n) is 14.1. The predicted molar refractivity (Wildman–Crippen MR) is 265 cm³/mol. The number of rotatable bonds is 18. The van der Waals surface area contributed by atoms with E-state index in [9.17, 15) is 24.8 Å². The van der Waals surface area contributed by atoms with Crippen LogP contribution in [0.4, 0.5) is 23.0 Å². The van der Waals surface area contributed by atoms with Crippen LogP contribution in [-0.4, -0.2) is 86.7 Å². The maximum absolute atomic E-state index is 12.4. The fraction of sp³-hybridized carbons (Fsp3) is 0.163. The number of nitriles is 2. The monoisotopic (exact) mass is 1020 g/mol. The summed E-state index contributed by atoms with van der Waals surface area (Å²) in [5.74, 6) is 1.11. The fourth-order valence-electron chi connectivity index (χ4n) is 5.65. The number of carbonyl (C=O) groups is 3. The van der Waals surface area contributed by atoms with Crippen molar-refractivity contribution < 1.29 is 52.3 Å². The minimum absolute atomic E-state index is 0.0475. The summed E-state index contributed by atoms with van der Waals surface area (Å²) in [6.45, 7) is 1.17. The van der Waals surface area contributed by atoms with E-state index in [0.29, 0.717) is 87.0 Å². The molecule has 0 aliphatic carbocycles. The molecule has 6 N–H and O–H groups in total. The molecule has 7 aromatic rings.